The first-order valence-electron chi connectivity index (χ1n) is 7.29. The molecule has 3 unspecified atom stereocenters. The fourth-order valence-corrected chi connectivity index (χ4v) is 2.62. The molecular formula is C16H24N2O. The lowest BCUT2D eigenvalue weighted by molar-refractivity contribution is -0.122. The third-order valence-electron chi connectivity index (χ3n) is 4.07. The maximum absolute atomic E-state index is 12.1. The number of hydrogen-bond acceptors (Lipinski definition) is 2. The molecule has 3 nitrogen and oxygen atoms in total. The van der Waals surface area contributed by atoms with E-state index in [1.54, 1.807) is 0 Å². The van der Waals surface area contributed by atoms with E-state index in [1.165, 1.54) is 5.56 Å². The molecule has 2 rings (SSSR count). The van der Waals surface area contributed by atoms with Crippen LogP contribution < -0.4 is 11.1 Å². The smallest absolute Gasteiger partial charge is 0.223 e. The number of carbonyl (C=O) groups is 1. The lowest BCUT2D eigenvalue weighted by Gasteiger charge is -2.14. The van der Waals surface area contributed by atoms with Crippen LogP contribution >= 0.6 is 0 Å². The quantitative estimate of drug-likeness (QED) is 0.790. The lowest BCUT2D eigenvalue weighted by atomic mass is 10.0. The van der Waals surface area contributed by atoms with Gasteiger partial charge in [-0.15, -0.1) is 0 Å². The van der Waals surface area contributed by atoms with Gasteiger partial charge in [0.1, 0.15) is 0 Å². The zero-order chi connectivity index (χ0) is 13.7. The van der Waals surface area contributed by atoms with Crippen molar-refractivity contribution in [2.75, 3.05) is 13.1 Å². The number of carbonyl (C=O) groups excluding carboxylic acids is 1. The highest BCUT2D eigenvalue weighted by molar-refractivity contribution is 5.82. The molecule has 0 heterocycles. The third-order valence-corrected chi connectivity index (χ3v) is 4.07. The third kappa shape index (κ3) is 3.80. The van der Waals surface area contributed by atoms with Crippen LogP contribution in [0.2, 0.25) is 0 Å². The second-order valence-electron chi connectivity index (χ2n) is 5.46. The van der Waals surface area contributed by atoms with Crippen molar-refractivity contribution in [1.82, 2.24) is 5.32 Å². The van der Waals surface area contributed by atoms with Crippen LogP contribution in [0.15, 0.2) is 30.3 Å². The molecule has 3 N–H and O–H groups in total. The van der Waals surface area contributed by atoms with Gasteiger partial charge in [0.2, 0.25) is 5.91 Å². The van der Waals surface area contributed by atoms with Gasteiger partial charge < -0.3 is 11.1 Å². The van der Waals surface area contributed by atoms with Gasteiger partial charge in [-0.2, -0.15) is 0 Å². The van der Waals surface area contributed by atoms with Crippen molar-refractivity contribution in [1.29, 1.82) is 0 Å². The van der Waals surface area contributed by atoms with E-state index in [9.17, 15) is 4.79 Å². The van der Waals surface area contributed by atoms with E-state index in [-0.39, 0.29) is 11.8 Å². The molecule has 0 saturated heterocycles. The number of rotatable bonds is 7. The van der Waals surface area contributed by atoms with Crippen LogP contribution in [0.25, 0.3) is 0 Å². The summed E-state index contributed by atoms with van der Waals surface area (Å²) in [5, 5.41) is 3.09. The average Bonchev–Trinajstić information content (AvgIpc) is 3.24. The van der Waals surface area contributed by atoms with Crippen molar-refractivity contribution in [3.8, 4) is 0 Å². The van der Waals surface area contributed by atoms with Crippen molar-refractivity contribution in [3.63, 3.8) is 0 Å². The van der Waals surface area contributed by atoms with E-state index < -0.39 is 0 Å². The molecule has 1 aliphatic carbocycles. The Hall–Kier alpha value is -1.35. The van der Waals surface area contributed by atoms with Crippen molar-refractivity contribution in [2.24, 2.45) is 17.6 Å². The lowest BCUT2D eigenvalue weighted by Crippen LogP contribution is -2.31. The summed E-state index contributed by atoms with van der Waals surface area (Å²) in [6.07, 6.45) is 3.05. The molecular weight excluding hydrogens is 236 g/mol. The van der Waals surface area contributed by atoms with E-state index >= 15 is 0 Å². The Morgan fingerprint density at radius 3 is 2.79 bits per heavy atom. The van der Waals surface area contributed by atoms with Gasteiger partial charge in [0.25, 0.3) is 0 Å². The Morgan fingerprint density at radius 2 is 2.16 bits per heavy atom. The number of hydrogen-bond donors (Lipinski definition) is 2. The Labute approximate surface area is 115 Å². The standard InChI is InChI=1S/C16H24N2O/c1-2-12(8-9-17)11-18-16(19)15-10-14(15)13-6-4-3-5-7-13/h3-7,12,14-15H,2,8-11,17H2,1H3,(H,18,19). The molecule has 1 aromatic carbocycles. The molecule has 1 aliphatic rings. The Kier molecular flexibility index (Phi) is 4.97. The first-order valence-corrected chi connectivity index (χ1v) is 7.29. The molecule has 0 radical (unpaired) electrons. The SMILES string of the molecule is CCC(CCN)CNC(=O)C1CC1c1ccccc1. The minimum atomic E-state index is 0.179. The summed E-state index contributed by atoms with van der Waals surface area (Å²) in [5.74, 6) is 1.33. The first kappa shape index (κ1) is 14.1. The molecule has 0 aromatic heterocycles. The van der Waals surface area contributed by atoms with E-state index in [4.69, 9.17) is 5.73 Å². The van der Waals surface area contributed by atoms with Crippen LogP contribution in [0.5, 0.6) is 0 Å². The second kappa shape index (κ2) is 6.71. The summed E-state index contributed by atoms with van der Waals surface area (Å²) in [5.41, 5.74) is 6.86. The molecule has 104 valence electrons. The highest BCUT2D eigenvalue weighted by Crippen LogP contribution is 2.47. The summed E-state index contributed by atoms with van der Waals surface area (Å²) in [4.78, 5) is 12.1. The Morgan fingerprint density at radius 1 is 1.42 bits per heavy atom. The average molecular weight is 260 g/mol. The molecule has 0 aliphatic heterocycles. The number of amides is 1. The van der Waals surface area contributed by atoms with Gasteiger partial charge in [0.05, 0.1) is 0 Å². The van der Waals surface area contributed by atoms with E-state index in [1.807, 2.05) is 18.2 Å². The zero-order valence-corrected chi connectivity index (χ0v) is 11.6. The van der Waals surface area contributed by atoms with Crippen LogP contribution in [0.1, 0.15) is 37.7 Å². The Balaban J connectivity index is 1.77. The highest BCUT2D eigenvalue weighted by atomic mass is 16.2. The van der Waals surface area contributed by atoms with Crippen LogP contribution in [-0.2, 0) is 4.79 Å². The van der Waals surface area contributed by atoms with Gasteiger partial charge in [0, 0.05) is 12.5 Å². The van der Waals surface area contributed by atoms with E-state index in [0.29, 0.717) is 18.4 Å². The van der Waals surface area contributed by atoms with Gasteiger partial charge in [-0.1, -0.05) is 43.7 Å². The van der Waals surface area contributed by atoms with Crippen LogP contribution in [0, 0.1) is 11.8 Å². The van der Waals surface area contributed by atoms with Crippen LogP contribution in [0.3, 0.4) is 0 Å². The molecule has 3 heteroatoms. The number of benzene rings is 1. The molecule has 1 amide bonds. The molecule has 1 fully saturated rings. The monoisotopic (exact) mass is 260 g/mol. The van der Waals surface area contributed by atoms with Crippen molar-refractivity contribution in [2.45, 2.75) is 32.1 Å². The van der Waals surface area contributed by atoms with E-state index in [2.05, 4.69) is 24.4 Å². The van der Waals surface area contributed by atoms with Crippen molar-refractivity contribution < 1.29 is 4.79 Å². The van der Waals surface area contributed by atoms with E-state index in [0.717, 1.165) is 25.8 Å². The second-order valence-corrected chi connectivity index (χ2v) is 5.46. The predicted octanol–water partition coefficient (Wildman–Crippen LogP) is 2.28. The number of nitrogens with two attached hydrogens (primary N) is 1. The maximum Gasteiger partial charge on any atom is 0.223 e. The van der Waals surface area contributed by atoms with Gasteiger partial charge in [-0.25, -0.2) is 0 Å². The molecule has 1 saturated carbocycles. The minimum Gasteiger partial charge on any atom is -0.356 e. The summed E-state index contributed by atoms with van der Waals surface area (Å²) < 4.78 is 0. The van der Waals surface area contributed by atoms with Gasteiger partial charge >= 0.3 is 0 Å². The predicted molar refractivity (Wildman–Crippen MR) is 77.8 cm³/mol. The summed E-state index contributed by atoms with van der Waals surface area (Å²) >= 11 is 0. The van der Waals surface area contributed by atoms with Crippen molar-refractivity contribution in [3.05, 3.63) is 35.9 Å². The zero-order valence-electron chi connectivity index (χ0n) is 11.6. The van der Waals surface area contributed by atoms with Crippen LogP contribution in [0.4, 0.5) is 0 Å². The molecule has 3 atom stereocenters. The fraction of sp³-hybridized carbons (Fsp3) is 0.562. The summed E-state index contributed by atoms with van der Waals surface area (Å²) in [6, 6.07) is 10.3. The van der Waals surface area contributed by atoms with Crippen LogP contribution in [-0.4, -0.2) is 19.0 Å². The maximum atomic E-state index is 12.1. The fourth-order valence-electron chi connectivity index (χ4n) is 2.62. The highest BCUT2D eigenvalue weighted by Gasteiger charge is 2.43. The van der Waals surface area contributed by atoms with Gasteiger partial charge in [-0.05, 0) is 36.8 Å². The normalized spacial score (nSPS) is 22.8. The summed E-state index contributed by atoms with van der Waals surface area (Å²) in [6.45, 7) is 3.62. The minimum absolute atomic E-state index is 0.179. The first-order chi connectivity index (χ1) is 9.26. The molecule has 1 aromatic rings. The molecule has 19 heavy (non-hydrogen) atoms. The largest absolute Gasteiger partial charge is 0.356 e. The Bertz CT molecular complexity index is 404. The van der Waals surface area contributed by atoms with Crippen molar-refractivity contribution >= 4 is 5.91 Å². The number of nitrogens with one attached hydrogen (secondary N) is 1. The van der Waals surface area contributed by atoms with Gasteiger partial charge in [0.15, 0.2) is 0 Å². The molecule has 0 bridgehead atoms. The van der Waals surface area contributed by atoms with Gasteiger partial charge in [-0.3, -0.25) is 4.79 Å². The topological polar surface area (TPSA) is 55.1 Å². The molecule has 0 spiro atoms. The summed E-state index contributed by atoms with van der Waals surface area (Å²) in [7, 11) is 0.